The zero-order valence-corrected chi connectivity index (χ0v) is 9.65. The molecule has 1 aliphatic carbocycles. The van der Waals surface area contributed by atoms with Crippen molar-refractivity contribution in [2.75, 3.05) is 0 Å². The third-order valence-corrected chi connectivity index (χ3v) is 2.34. The maximum atomic E-state index is 3.62. The third kappa shape index (κ3) is 4.10. The molecule has 0 radical (unpaired) electrons. The van der Waals surface area contributed by atoms with Gasteiger partial charge in [0, 0.05) is 23.7 Å². The van der Waals surface area contributed by atoms with Crippen LogP contribution < -0.4 is 10.6 Å². The van der Waals surface area contributed by atoms with Gasteiger partial charge in [0.05, 0.1) is 0 Å². The molecule has 0 atom stereocenters. The van der Waals surface area contributed by atoms with Crippen molar-refractivity contribution in [2.24, 2.45) is 0 Å². The van der Waals surface area contributed by atoms with E-state index in [1.807, 2.05) is 0 Å². The van der Waals surface area contributed by atoms with E-state index >= 15 is 0 Å². The molecule has 0 amide bonds. The van der Waals surface area contributed by atoms with E-state index < -0.39 is 0 Å². The van der Waals surface area contributed by atoms with Crippen LogP contribution in [0.2, 0.25) is 0 Å². The Kier molecular flexibility index (Phi) is 3.36. The van der Waals surface area contributed by atoms with Crippen LogP contribution in [-0.4, -0.2) is 23.7 Å². The van der Waals surface area contributed by atoms with E-state index in [0.29, 0.717) is 6.04 Å². The van der Waals surface area contributed by atoms with Gasteiger partial charge in [0.1, 0.15) is 0 Å². The van der Waals surface area contributed by atoms with Crippen LogP contribution in [0, 0.1) is 0 Å². The quantitative estimate of drug-likeness (QED) is 0.700. The maximum Gasteiger partial charge on any atom is 0.0101 e. The molecule has 0 spiro atoms. The Morgan fingerprint density at radius 3 is 2.00 bits per heavy atom. The van der Waals surface area contributed by atoms with Crippen molar-refractivity contribution in [3.63, 3.8) is 0 Å². The smallest absolute Gasteiger partial charge is 0.0101 e. The first-order valence-corrected chi connectivity index (χ1v) is 5.40. The first-order chi connectivity index (χ1) is 5.87. The predicted octanol–water partition coefficient (Wildman–Crippen LogP) is 1.90. The molecule has 78 valence electrons. The van der Waals surface area contributed by atoms with Gasteiger partial charge in [0.25, 0.3) is 0 Å². The fraction of sp³-hybridized carbons (Fsp3) is 1.00. The van der Waals surface area contributed by atoms with E-state index in [1.54, 1.807) is 0 Å². The monoisotopic (exact) mass is 184 g/mol. The summed E-state index contributed by atoms with van der Waals surface area (Å²) in [4.78, 5) is 0. The number of hydrogen-bond donors (Lipinski definition) is 2. The van der Waals surface area contributed by atoms with Crippen LogP contribution in [-0.2, 0) is 0 Å². The van der Waals surface area contributed by atoms with Gasteiger partial charge in [-0.25, -0.2) is 0 Å². The van der Waals surface area contributed by atoms with Gasteiger partial charge >= 0.3 is 0 Å². The van der Waals surface area contributed by atoms with Crippen LogP contribution >= 0.6 is 0 Å². The standard InChI is InChI=1S/C11H24N2/c1-8(2)12-9-6-10(7-9)13-11(3,4)5/h8-10,12-13H,6-7H2,1-5H3/t9-,10+. The van der Waals surface area contributed by atoms with Gasteiger partial charge in [0.2, 0.25) is 0 Å². The fourth-order valence-corrected chi connectivity index (χ4v) is 1.96. The van der Waals surface area contributed by atoms with Crippen LogP contribution in [0.4, 0.5) is 0 Å². The summed E-state index contributed by atoms with van der Waals surface area (Å²) in [5.41, 5.74) is 0.271. The van der Waals surface area contributed by atoms with Crippen molar-refractivity contribution in [2.45, 2.75) is 71.1 Å². The third-order valence-electron chi connectivity index (χ3n) is 2.34. The van der Waals surface area contributed by atoms with Gasteiger partial charge in [-0.05, 0) is 33.6 Å². The summed E-state index contributed by atoms with van der Waals surface area (Å²) in [6.45, 7) is 11.1. The minimum absolute atomic E-state index is 0.271. The highest BCUT2D eigenvalue weighted by Crippen LogP contribution is 2.22. The first-order valence-electron chi connectivity index (χ1n) is 5.40. The number of hydrogen-bond acceptors (Lipinski definition) is 2. The highest BCUT2D eigenvalue weighted by Gasteiger charge is 2.31. The number of rotatable bonds is 3. The molecule has 0 aromatic carbocycles. The molecule has 1 saturated carbocycles. The zero-order valence-electron chi connectivity index (χ0n) is 9.65. The molecule has 0 aliphatic heterocycles. The molecule has 2 heteroatoms. The maximum absolute atomic E-state index is 3.62. The summed E-state index contributed by atoms with van der Waals surface area (Å²) in [5.74, 6) is 0. The van der Waals surface area contributed by atoms with Crippen molar-refractivity contribution in [3.8, 4) is 0 Å². The van der Waals surface area contributed by atoms with E-state index in [4.69, 9.17) is 0 Å². The minimum Gasteiger partial charge on any atom is -0.312 e. The Morgan fingerprint density at radius 1 is 1.08 bits per heavy atom. The van der Waals surface area contributed by atoms with Crippen molar-refractivity contribution < 1.29 is 0 Å². The Morgan fingerprint density at radius 2 is 1.62 bits per heavy atom. The fourth-order valence-electron chi connectivity index (χ4n) is 1.96. The largest absolute Gasteiger partial charge is 0.312 e. The second kappa shape index (κ2) is 3.97. The van der Waals surface area contributed by atoms with Crippen LogP contribution in [0.3, 0.4) is 0 Å². The van der Waals surface area contributed by atoms with Crippen LogP contribution in [0.1, 0.15) is 47.5 Å². The first kappa shape index (κ1) is 11.0. The van der Waals surface area contributed by atoms with E-state index in [9.17, 15) is 0 Å². The molecule has 0 heterocycles. The Bertz CT molecular complexity index is 152. The lowest BCUT2D eigenvalue weighted by Gasteiger charge is -2.41. The summed E-state index contributed by atoms with van der Waals surface area (Å²) >= 11 is 0. The van der Waals surface area contributed by atoms with Crippen molar-refractivity contribution in [1.82, 2.24) is 10.6 Å². The molecule has 1 fully saturated rings. The summed E-state index contributed by atoms with van der Waals surface area (Å²) in [5, 5.41) is 7.17. The lowest BCUT2D eigenvalue weighted by atomic mass is 9.84. The van der Waals surface area contributed by atoms with E-state index in [1.165, 1.54) is 12.8 Å². The Hall–Kier alpha value is -0.0800. The molecular weight excluding hydrogens is 160 g/mol. The normalized spacial score (nSPS) is 29.1. The van der Waals surface area contributed by atoms with Gasteiger partial charge < -0.3 is 10.6 Å². The van der Waals surface area contributed by atoms with Gasteiger partial charge in [0.15, 0.2) is 0 Å². The molecule has 13 heavy (non-hydrogen) atoms. The molecule has 1 aliphatic rings. The molecule has 0 aromatic heterocycles. The van der Waals surface area contributed by atoms with Crippen molar-refractivity contribution in [3.05, 3.63) is 0 Å². The molecule has 0 unspecified atom stereocenters. The van der Waals surface area contributed by atoms with E-state index in [2.05, 4.69) is 45.3 Å². The van der Waals surface area contributed by atoms with Crippen molar-refractivity contribution >= 4 is 0 Å². The van der Waals surface area contributed by atoms with Crippen molar-refractivity contribution in [1.29, 1.82) is 0 Å². The number of nitrogens with one attached hydrogen (secondary N) is 2. The van der Waals surface area contributed by atoms with Gasteiger partial charge in [-0.1, -0.05) is 13.8 Å². The summed E-state index contributed by atoms with van der Waals surface area (Å²) in [6.07, 6.45) is 2.57. The molecule has 0 aromatic rings. The summed E-state index contributed by atoms with van der Waals surface area (Å²) < 4.78 is 0. The van der Waals surface area contributed by atoms with Gasteiger partial charge in [-0.15, -0.1) is 0 Å². The second-order valence-electron chi connectivity index (χ2n) is 5.58. The summed E-state index contributed by atoms with van der Waals surface area (Å²) in [6, 6.07) is 2.11. The van der Waals surface area contributed by atoms with Gasteiger partial charge in [-0.2, -0.15) is 0 Å². The molecule has 1 rings (SSSR count). The predicted molar refractivity (Wildman–Crippen MR) is 58.0 cm³/mol. The minimum atomic E-state index is 0.271. The lowest BCUT2D eigenvalue weighted by Crippen LogP contribution is -2.56. The molecule has 2 nitrogen and oxygen atoms in total. The second-order valence-corrected chi connectivity index (χ2v) is 5.58. The van der Waals surface area contributed by atoms with Crippen LogP contribution in [0.5, 0.6) is 0 Å². The molecule has 0 bridgehead atoms. The van der Waals surface area contributed by atoms with Crippen LogP contribution in [0.15, 0.2) is 0 Å². The average molecular weight is 184 g/mol. The highest BCUT2D eigenvalue weighted by atomic mass is 15.1. The highest BCUT2D eigenvalue weighted by molar-refractivity contribution is 4.93. The lowest BCUT2D eigenvalue weighted by molar-refractivity contribution is 0.200. The Balaban J connectivity index is 2.12. The van der Waals surface area contributed by atoms with E-state index in [0.717, 1.165) is 12.1 Å². The zero-order chi connectivity index (χ0) is 10.1. The van der Waals surface area contributed by atoms with Crippen LogP contribution in [0.25, 0.3) is 0 Å². The SMILES string of the molecule is CC(C)N[C@H]1C[C@@H](NC(C)(C)C)C1. The van der Waals surface area contributed by atoms with E-state index in [-0.39, 0.29) is 5.54 Å². The Labute approximate surface area is 82.5 Å². The van der Waals surface area contributed by atoms with Gasteiger partial charge in [-0.3, -0.25) is 0 Å². The molecule has 0 saturated heterocycles. The summed E-state index contributed by atoms with van der Waals surface area (Å²) in [7, 11) is 0. The molecular formula is C11H24N2. The topological polar surface area (TPSA) is 24.1 Å². The molecule has 2 N–H and O–H groups in total. The average Bonchev–Trinajstić information content (AvgIpc) is 1.78.